The van der Waals surface area contributed by atoms with Crippen molar-refractivity contribution in [1.82, 2.24) is 30.1 Å². The van der Waals surface area contributed by atoms with Gasteiger partial charge in [-0.1, -0.05) is 30.3 Å². The third kappa shape index (κ3) is 4.50. The molecule has 0 fully saturated rings. The molecule has 10 heteroatoms. The Kier molecular flexibility index (Phi) is 5.86. The highest BCUT2D eigenvalue weighted by molar-refractivity contribution is 7.14. The van der Waals surface area contributed by atoms with Gasteiger partial charge >= 0.3 is 0 Å². The quantitative estimate of drug-likeness (QED) is 0.218. The first-order chi connectivity index (χ1) is 19.6. The van der Waals surface area contributed by atoms with Gasteiger partial charge in [0, 0.05) is 39.2 Å². The number of anilines is 1. The number of carbonyl (C=O) groups excluding carboxylic acids is 1. The molecule has 1 aromatic carbocycles. The average Bonchev–Trinajstić information content (AvgIpc) is 3.71. The molecule has 0 radical (unpaired) electrons. The lowest BCUT2D eigenvalue weighted by atomic mass is 10.1. The summed E-state index contributed by atoms with van der Waals surface area (Å²) in [7, 11) is 0. The molecule has 0 spiro atoms. The van der Waals surface area contributed by atoms with E-state index in [4.69, 9.17) is 0 Å². The molecule has 0 aliphatic carbocycles. The highest BCUT2D eigenvalue weighted by atomic mass is 32.1. The van der Waals surface area contributed by atoms with Crippen LogP contribution >= 0.6 is 11.3 Å². The van der Waals surface area contributed by atoms with Crippen LogP contribution in [0.2, 0.25) is 0 Å². The van der Waals surface area contributed by atoms with E-state index in [1.807, 2.05) is 48.5 Å². The number of thiophene rings is 1. The number of nitrogens with zero attached hydrogens (tertiary/aromatic N) is 4. The Bertz CT molecular complexity index is 2010. The molecule has 6 aromatic heterocycles. The molecule has 0 unspecified atom stereocenters. The van der Waals surface area contributed by atoms with Gasteiger partial charge in [-0.3, -0.25) is 24.8 Å². The predicted molar refractivity (Wildman–Crippen MR) is 154 cm³/mol. The predicted octanol–water partition coefficient (Wildman–Crippen LogP) is 6.61. The number of aromatic amines is 2. The van der Waals surface area contributed by atoms with E-state index < -0.39 is 0 Å². The lowest BCUT2D eigenvalue weighted by Gasteiger charge is -2.07. The fourth-order valence-electron chi connectivity index (χ4n) is 4.75. The van der Waals surface area contributed by atoms with Crippen molar-refractivity contribution < 1.29 is 9.18 Å². The highest BCUT2D eigenvalue weighted by Crippen LogP contribution is 2.36. The topological polar surface area (TPSA) is 112 Å². The highest BCUT2D eigenvalue weighted by Gasteiger charge is 2.16. The number of H-pyrrole nitrogens is 2. The van der Waals surface area contributed by atoms with Crippen molar-refractivity contribution in [3.63, 3.8) is 0 Å². The Balaban J connectivity index is 1.21. The second-order valence-electron chi connectivity index (χ2n) is 9.30. The zero-order valence-corrected chi connectivity index (χ0v) is 21.7. The second-order valence-corrected chi connectivity index (χ2v) is 10.3. The summed E-state index contributed by atoms with van der Waals surface area (Å²) >= 11 is 1.09. The van der Waals surface area contributed by atoms with E-state index in [-0.39, 0.29) is 17.5 Å². The number of hydrogen-bond donors (Lipinski definition) is 3. The minimum absolute atomic E-state index is 0.122. The maximum absolute atomic E-state index is 13.7. The molecular weight excluding hydrogens is 525 g/mol. The molecular formula is C30H20FN7OS. The summed E-state index contributed by atoms with van der Waals surface area (Å²) in [5.41, 5.74) is 6.95. The van der Waals surface area contributed by atoms with Crippen LogP contribution in [-0.2, 0) is 11.2 Å². The maximum atomic E-state index is 13.7. The van der Waals surface area contributed by atoms with Crippen molar-refractivity contribution in [2.24, 2.45) is 0 Å². The van der Waals surface area contributed by atoms with Crippen LogP contribution < -0.4 is 5.32 Å². The van der Waals surface area contributed by atoms with E-state index in [9.17, 15) is 9.18 Å². The number of amides is 1. The molecule has 194 valence electrons. The van der Waals surface area contributed by atoms with Crippen molar-refractivity contribution in [3.05, 3.63) is 102 Å². The summed E-state index contributed by atoms with van der Waals surface area (Å²) in [5.74, 6) is -0.122. The first-order valence-electron chi connectivity index (χ1n) is 12.5. The lowest BCUT2D eigenvalue weighted by molar-refractivity contribution is -0.115. The average molecular weight is 546 g/mol. The molecule has 0 saturated heterocycles. The molecule has 3 N–H and O–H groups in total. The summed E-state index contributed by atoms with van der Waals surface area (Å²) in [5, 5.41) is 12.1. The van der Waals surface area contributed by atoms with Crippen LogP contribution in [0.3, 0.4) is 0 Å². The maximum Gasteiger partial charge on any atom is 0.228 e. The van der Waals surface area contributed by atoms with Gasteiger partial charge < -0.3 is 10.3 Å². The van der Waals surface area contributed by atoms with Crippen molar-refractivity contribution in [2.75, 3.05) is 5.32 Å². The number of pyridine rings is 3. The second kappa shape index (κ2) is 9.83. The molecule has 0 aliphatic rings. The molecule has 40 heavy (non-hydrogen) atoms. The molecule has 7 aromatic rings. The number of rotatable bonds is 6. The number of carbonyl (C=O) groups is 1. The molecule has 0 aliphatic heterocycles. The van der Waals surface area contributed by atoms with E-state index in [0.29, 0.717) is 11.4 Å². The first-order valence-corrected chi connectivity index (χ1v) is 13.3. The Morgan fingerprint density at radius 1 is 0.900 bits per heavy atom. The van der Waals surface area contributed by atoms with Crippen molar-refractivity contribution in [1.29, 1.82) is 0 Å². The molecule has 0 bridgehead atoms. The molecule has 6 heterocycles. The van der Waals surface area contributed by atoms with Crippen LogP contribution in [0, 0.1) is 5.13 Å². The smallest absolute Gasteiger partial charge is 0.228 e. The van der Waals surface area contributed by atoms with Gasteiger partial charge in [0.2, 0.25) is 5.91 Å². The van der Waals surface area contributed by atoms with Crippen molar-refractivity contribution >= 4 is 44.7 Å². The van der Waals surface area contributed by atoms with E-state index in [0.717, 1.165) is 66.1 Å². The van der Waals surface area contributed by atoms with Gasteiger partial charge in [-0.15, -0.1) is 11.3 Å². The van der Waals surface area contributed by atoms with Gasteiger partial charge in [0.1, 0.15) is 5.69 Å². The van der Waals surface area contributed by atoms with Gasteiger partial charge in [0.15, 0.2) is 5.13 Å². The molecule has 1 amide bonds. The van der Waals surface area contributed by atoms with Gasteiger partial charge in [0.05, 0.1) is 53.1 Å². The Morgan fingerprint density at radius 3 is 2.62 bits per heavy atom. The normalized spacial score (nSPS) is 11.3. The van der Waals surface area contributed by atoms with E-state index >= 15 is 0 Å². The third-order valence-corrected chi connectivity index (χ3v) is 7.52. The summed E-state index contributed by atoms with van der Waals surface area (Å²) in [6.45, 7) is 0. The summed E-state index contributed by atoms with van der Waals surface area (Å²) < 4.78 is 13.7. The molecule has 8 nitrogen and oxygen atoms in total. The monoisotopic (exact) mass is 545 g/mol. The van der Waals surface area contributed by atoms with Gasteiger partial charge in [0.25, 0.3) is 0 Å². The van der Waals surface area contributed by atoms with Crippen LogP contribution in [0.15, 0.2) is 91.6 Å². The largest absolute Gasteiger partial charge is 0.352 e. The SMILES string of the molecule is O=C(Cc1ccccc1)Nc1cncc(-c2cc3c(-c4cc5c(-c6ccc(F)s6)cncc5[nH]4)n[nH]c3cn2)c1. The van der Waals surface area contributed by atoms with Gasteiger partial charge in [-0.2, -0.15) is 9.49 Å². The van der Waals surface area contributed by atoms with Crippen LogP contribution in [0.1, 0.15) is 5.56 Å². The van der Waals surface area contributed by atoms with E-state index in [2.05, 4.69) is 35.5 Å². The van der Waals surface area contributed by atoms with Crippen LogP contribution in [0.25, 0.3) is 54.9 Å². The minimum Gasteiger partial charge on any atom is -0.352 e. The zero-order chi connectivity index (χ0) is 27.1. The van der Waals surface area contributed by atoms with Crippen molar-refractivity contribution in [3.8, 4) is 33.1 Å². The van der Waals surface area contributed by atoms with Gasteiger partial charge in [-0.25, -0.2) is 0 Å². The number of fused-ring (bicyclic) bond motifs is 2. The number of hydrogen-bond acceptors (Lipinski definition) is 6. The fraction of sp³-hybridized carbons (Fsp3) is 0.0333. The van der Waals surface area contributed by atoms with E-state index in [1.165, 1.54) is 6.07 Å². The molecule has 0 atom stereocenters. The van der Waals surface area contributed by atoms with Crippen LogP contribution in [-0.4, -0.2) is 36.0 Å². The Labute approximate surface area is 231 Å². The number of halogens is 1. The molecule has 7 rings (SSSR count). The van der Waals surface area contributed by atoms with Crippen molar-refractivity contribution in [2.45, 2.75) is 6.42 Å². The number of nitrogens with one attached hydrogen (secondary N) is 3. The Hall–Kier alpha value is -5.22. The summed E-state index contributed by atoms with van der Waals surface area (Å²) in [6.07, 6.45) is 8.82. The summed E-state index contributed by atoms with van der Waals surface area (Å²) in [6, 6.07) is 18.6. The number of benzene rings is 1. The third-order valence-electron chi connectivity index (χ3n) is 6.61. The van der Waals surface area contributed by atoms with Crippen LogP contribution in [0.5, 0.6) is 0 Å². The lowest BCUT2D eigenvalue weighted by Crippen LogP contribution is -2.14. The number of aromatic nitrogens is 6. The fourth-order valence-corrected chi connectivity index (χ4v) is 5.50. The Morgan fingerprint density at radius 2 is 1.77 bits per heavy atom. The first kappa shape index (κ1) is 23.9. The molecule has 0 saturated carbocycles. The standard InChI is InChI=1S/C30H20FN7OS/c31-28-7-6-27(40-28)22-14-33-15-25-20(22)10-24(36-25)30-21-11-23(34-16-26(21)37-38-30)18-9-19(13-32-12-18)35-29(39)8-17-4-2-1-3-5-17/h1-7,9-16,36H,8H2,(H,35,39)(H,37,38). The van der Waals surface area contributed by atoms with Gasteiger partial charge in [-0.05, 0) is 35.9 Å². The zero-order valence-electron chi connectivity index (χ0n) is 20.9. The minimum atomic E-state index is -0.240. The summed E-state index contributed by atoms with van der Waals surface area (Å²) in [4.78, 5) is 30.0. The van der Waals surface area contributed by atoms with Crippen LogP contribution in [0.4, 0.5) is 10.1 Å². The van der Waals surface area contributed by atoms with E-state index in [1.54, 1.807) is 37.1 Å².